The van der Waals surface area contributed by atoms with Crippen LogP contribution in [0, 0.1) is 0 Å². The summed E-state index contributed by atoms with van der Waals surface area (Å²) in [5, 5.41) is 11.7. The summed E-state index contributed by atoms with van der Waals surface area (Å²) in [7, 11) is 0. The fourth-order valence-corrected chi connectivity index (χ4v) is 0.464. The van der Waals surface area contributed by atoms with E-state index >= 15 is 0 Å². The van der Waals surface area contributed by atoms with Gasteiger partial charge >= 0.3 is 0 Å². The van der Waals surface area contributed by atoms with Gasteiger partial charge in [0.15, 0.2) is 0 Å². The van der Waals surface area contributed by atoms with Crippen LogP contribution in [0.25, 0.3) is 0 Å². The van der Waals surface area contributed by atoms with Gasteiger partial charge in [-0.3, -0.25) is 4.79 Å². The number of nitrogens with one attached hydrogen (secondary N) is 1. The van der Waals surface area contributed by atoms with Gasteiger partial charge in [-0.15, -0.1) is 0 Å². The van der Waals surface area contributed by atoms with Crippen LogP contribution in [0.15, 0.2) is 0 Å². The van der Waals surface area contributed by atoms with Crippen molar-refractivity contribution in [3.05, 3.63) is 0 Å². The van der Waals surface area contributed by atoms with E-state index in [-0.39, 0.29) is 12.5 Å². The van der Waals surface area contributed by atoms with Crippen molar-refractivity contribution < 1.29 is 9.90 Å². The van der Waals surface area contributed by atoms with E-state index in [9.17, 15) is 9.90 Å². The van der Waals surface area contributed by atoms with E-state index in [0.29, 0.717) is 0 Å². The first-order valence-corrected chi connectivity index (χ1v) is 3.58. The molecular formula is C7H16N2O2. The van der Waals surface area contributed by atoms with Gasteiger partial charge in [-0.1, -0.05) is 0 Å². The fourth-order valence-electron chi connectivity index (χ4n) is 0.464. The van der Waals surface area contributed by atoms with E-state index in [1.807, 2.05) is 0 Å². The molecular weight excluding hydrogens is 144 g/mol. The predicted molar refractivity (Wildman–Crippen MR) is 43.0 cm³/mol. The molecule has 0 spiro atoms. The summed E-state index contributed by atoms with van der Waals surface area (Å²) in [6.07, 6.45) is 0. The van der Waals surface area contributed by atoms with Crippen LogP contribution in [-0.4, -0.2) is 29.2 Å². The summed E-state index contributed by atoms with van der Waals surface area (Å²) in [6.45, 7) is 5.07. The number of aliphatic hydroxyl groups is 1. The van der Waals surface area contributed by atoms with Crippen molar-refractivity contribution in [2.24, 2.45) is 5.73 Å². The molecule has 66 valence electrons. The third-order valence-electron chi connectivity index (χ3n) is 1.11. The van der Waals surface area contributed by atoms with Gasteiger partial charge in [-0.2, -0.15) is 0 Å². The van der Waals surface area contributed by atoms with E-state index in [1.54, 1.807) is 20.8 Å². The zero-order valence-corrected chi connectivity index (χ0v) is 7.22. The summed E-state index contributed by atoms with van der Waals surface area (Å²) >= 11 is 0. The third kappa shape index (κ3) is 5.82. The number of carbonyl (C=O) groups excluding carboxylic acids is 1. The number of amides is 1. The predicted octanol–water partition coefficient (Wildman–Crippen LogP) is -0.779. The van der Waals surface area contributed by atoms with E-state index in [2.05, 4.69) is 5.32 Å². The van der Waals surface area contributed by atoms with E-state index in [4.69, 9.17) is 5.73 Å². The van der Waals surface area contributed by atoms with E-state index in [0.717, 1.165) is 0 Å². The van der Waals surface area contributed by atoms with Gasteiger partial charge in [0, 0.05) is 6.54 Å². The number of nitrogens with two attached hydrogens (primary N) is 1. The molecule has 1 atom stereocenters. The van der Waals surface area contributed by atoms with Crippen LogP contribution in [0.5, 0.6) is 0 Å². The van der Waals surface area contributed by atoms with Gasteiger partial charge in [0.1, 0.15) is 0 Å². The third-order valence-corrected chi connectivity index (χ3v) is 1.11. The average Bonchev–Trinajstić information content (AvgIpc) is 1.80. The Hall–Kier alpha value is -0.610. The van der Waals surface area contributed by atoms with Gasteiger partial charge in [0.25, 0.3) is 0 Å². The van der Waals surface area contributed by atoms with E-state index < -0.39 is 11.6 Å². The molecule has 0 aliphatic rings. The minimum atomic E-state index is -0.870. The lowest BCUT2D eigenvalue weighted by molar-refractivity contribution is -0.123. The Morgan fingerprint density at radius 3 is 2.45 bits per heavy atom. The van der Waals surface area contributed by atoms with Gasteiger partial charge in [-0.25, -0.2) is 0 Å². The molecule has 0 aromatic carbocycles. The summed E-state index contributed by atoms with van der Waals surface area (Å²) < 4.78 is 0. The fraction of sp³-hybridized carbons (Fsp3) is 0.857. The first-order valence-electron chi connectivity index (χ1n) is 3.58. The van der Waals surface area contributed by atoms with Crippen LogP contribution in [-0.2, 0) is 4.79 Å². The monoisotopic (exact) mass is 160 g/mol. The lowest BCUT2D eigenvalue weighted by Crippen LogP contribution is -2.44. The van der Waals surface area contributed by atoms with Crippen molar-refractivity contribution in [1.29, 1.82) is 0 Å². The van der Waals surface area contributed by atoms with Crippen molar-refractivity contribution in [3.63, 3.8) is 0 Å². The molecule has 0 aliphatic heterocycles. The van der Waals surface area contributed by atoms with Crippen LogP contribution in [0.4, 0.5) is 0 Å². The Morgan fingerprint density at radius 2 is 2.18 bits per heavy atom. The lowest BCUT2D eigenvalue weighted by atomic mass is 10.1. The molecule has 4 heteroatoms. The molecule has 0 saturated carbocycles. The zero-order chi connectivity index (χ0) is 9.07. The second-order valence-corrected chi connectivity index (χ2v) is 3.32. The second kappa shape index (κ2) is 3.69. The summed E-state index contributed by atoms with van der Waals surface area (Å²) in [5.41, 5.74) is 4.40. The molecule has 4 nitrogen and oxygen atoms in total. The minimum Gasteiger partial charge on any atom is -0.389 e. The highest BCUT2D eigenvalue weighted by molar-refractivity contribution is 5.80. The van der Waals surface area contributed by atoms with Crippen molar-refractivity contribution in [2.45, 2.75) is 32.4 Å². The summed E-state index contributed by atoms with van der Waals surface area (Å²) in [5.74, 6) is -0.243. The first kappa shape index (κ1) is 10.4. The number of hydrogen-bond acceptors (Lipinski definition) is 3. The van der Waals surface area contributed by atoms with Crippen LogP contribution in [0.2, 0.25) is 0 Å². The number of hydrogen-bond donors (Lipinski definition) is 3. The number of rotatable bonds is 3. The van der Waals surface area contributed by atoms with Crippen LogP contribution in [0.1, 0.15) is 20.8 Å². The molecule has 11 heavy (non-hydrogen) atoms. The smallest absolute Gasteiger partial charge is 0.236 e. The van der Waals surface area contributed by atoms with Gasteiger partial charge in [0.2, 0.25) is 5.91 Å². The molecule has 1 amide bonds. The van der Waals surface area contributed by atoms with Gasteiger partial charge in [0.05, 0.1) is 11.6 Å². The minimum absolute atomic E-state index is 0.230. The van der Waals surface area contributed by atoms with E-state index in [1.165, 1.54) is 0 Å². The lowest BCUT2D eigenvalue weighted by Gasteiger charge is -2.18. The summed E-state index contributed by atoms with van der Waals surface area (Å²) in [6, 6.07) is -0.516. The molecule has 0 aliphatic carbocycles. The molecule has 0 unspecified atom stereocenters. The Morgan fingerprint density at radius 1 is 1.73 bits per heavy atom. The SMILES string of the molecule is C[C@H](N)C(=O)NCC(C)(C)O. The number of carbonyl (C=O) groups is 1. The van der Waals surface area contributed by atoms with Crippen LogP contribution < -0.4 is 11.1 Å². The molecule has 0 bridgehead atoms. The molecule has 4 N–H and O–H groups in total. The molecule has 0 radical (unpaired) electrons. The highest BCUT2D eigenvalue weighted by Gasteiger charge is 2.15. The Balaban J connectivity index is 3.64. The van der Waals surface area contributed by atoms with Crippen LogP contribution in [0.3, 0.4) is 0 Å². The highest BCUT2D eigenvalue weighted by atomic mass is 16.3. The van der Waals surface area contributed by atoms with Gasteiger partial charge in [-0.05, 0) is 20.8 Å². The summed E-state index contributed by atoms with van der Waals surface area (Å²) in [4.78, 5) is 10.8. The normalized spacial score (nSPS) is 14.3. The maximum Gasteiger partial charge on any atom is 0.236 e. The molecule has 0 saturated heterocycles. The molecule has 0 heterocycles. The van der Waals surface area contributed by atoms with Crippen molar-refractivity contribution in [3.8, 4) is 0 Å². The second-order valence-electron chi connectivity index (χ2n) is 3.32. The standard InChI is InChI=1S/C7H16N2O2/c1-5(8)6(10)9-4-7(2,3)11/h5,11H,4,8H2,1-3H3,(H,9,10)/t5-/m0/s1. The quantitative estimate of drug-likeness (QED) is 0.507. The Labute approximate surface area is 66.8 Å². The molecule has 0 fully saturated rings. The average molecular weight is 160 g/mol. The molecule has 0 aromatic heterocycles. The highest BCUT2D eigenvalue weighted by Crippen LogP contribution is 1.96. The topological polar surface area (TPSA) is 75.4 Å². The van der Waals surface area contributed by atoms with Gasteiger partial charge < -0.3 is 16.2 Å². The van der Waals surface area contributed by atoms with Crippen molar-refractivity contribution in [1.82, 2.24) is 5.32 Å². The van der Waals surface area contributed by atoms with Crippen molar-refractivity contribution >= 4 is 5.91 Å². The maximum absolute atomic E-state index is 10.8. The zero-order valence-electron chi connectivity index (χ0n) is 7.22. The Bertz CT molecular complexity index is 138. The first-order chi connectivity index (χ1) is 4.83. The largest absolute Gasteiger partial charge is 0.389 e. The molecule has 0 rings (SSSR count). The van der Waals surface area contributed by atoms with Crippen LogP contribution >= 0.6 is 0 Å². The molecule has 0 aromatic rings. The van der Waals surface area contributed by atoms with Crippen molar-refractivity contribution in [2.75, 3.05) is 6.54 Å². The maximum atomic E-state index is 10.8. The Kier molecular flexibility index (Phi) is 3.48.